The van der Waals surface area contributed by atoms with Crippen LogP contribution in [0.15, 0.2) is 30.9 Å². The van der Waals surface area contributed by atoms with Crippen molar-refractivity contribution >= 4 is 0 Å². The predicted octanol–water partition coefficient (Wildman–Crippen LogP) is 3.46. The lowest BCUT2D eigenvalue weighted by Crippen LogP contribution is -2.21. The Labute approximate surface area is 129 Å². The molecule has 0 fully saturated rings. The Morgan fingerprint density at radius 1 is 1.19 bits per heavy atom. The van der Waals surface area contributed by atoms with E-state index in [1.165, 1.54) is 11.1 Å². The van der Waals surface area contributed by atoms with Gasteiger partial charge in [0.25, 0.3) is 0 Å². The highest BCUT2D eigenvalue weighted by molar-refractivity contribution is 5.41. The minimum absolute atomic E-state index is 0.0818. The van der Waals surface area contributed by atoms with E-state index in [4.69, 9.17) is 9.47 Å². The molecule has 0 aliphatic heterocycles. The minimum atomic E-state index is 0.0818. The van der Waals surface area contributed by atoms with E-state index in [2.05, 4.69) is 57.8 Å². The average Bonchev–Trinajstić information content (AvgIpc) is 2.40. The third-order valence-electron chi connectivity index (χ3n) is 3.14. The van der Waals surface area contributed by atoms with E-state index in [-0.39, 0.29) is 5.41 Å². The van der Waals surface area contributed by atoms with Crippen molar-refractivity contribution in [1.82, 2.24) is 5.32 Å². The molecule has 1 aromatic carbocycles. The molecule has 0 unspecified atom stereocenters. The van der Waals surface area contributed by atoms with Gasteiger partial charge in [0, 0.05) is 13.1 Å². The summed E-state index contributed by atoms with van der Waals surface area (Å²) >= 11 is 0. The predicted molar refractivity (Wildman–Crippen MR) is 89.3 cm³/mol. The monoisotopic (exact) mass is 291 g/mol. The Morgan fingerprint density at radius 2 is 1.95 bits per heavy atom. The van der Waals surface area contributed by atoms with Gasteiger partial charge in [-0.3, -0.25) is 0 Å². The Morgan fingerprint density at radius 3 is 2.62 bits per heavy atom. The summed E-state index contributed by atoms with van der Waals surface area (Å²) in [5, 5.41) is 3.20. The van der Waals surface area contributed by atoms with E-state index < -0.39 is 0 Å². The maximum atomic E-state index is 5.91. The zero-order valence-electron chi connectivity index (χ0n) is 13.9. The summed E-state index contributed by atoms with van der Waals surface area (Å²) in [5.41, 5.74) is 2.53. The van der Waals surface area contributed by atoms with Gasteiger partial charge in [-0.1, -0.05) is 39.0 Å². The molecule has 21 heavy (non-hydrogen) atoms. The minimum Gasteiger partial charge on any atom is -0.491 e. The summed E-state index contributed by atoms with van der Waals surface area (Å²) in [7, 11) is 0. The van der Waals surface area contributed by atoms with Crippen LogP contribution in [0.1, 0.15) is 31.9 Å². The van der Waals surface area contributed by atoms with Gasteiger partial charge in [0.1, 0.15) is 12.4 Å². The van der Waals surface area contributed by atoms with Crippen molar-refractivity contribution in [2.24, 2.45) is 0 Å². The van der Waals surface area contributed by atoms with Crippen LogP contribution in [0.5, 0.6) is 5.75 Å². The van der Waals surface area contributed by atoms with E-state index in [1.54, 1.807) is 0 Å². The highest BCUT2D eigenvalue weighted by atomic mass is 16.5. The molecule has 1 rings (SSSR count). The number of aryl methyl sites for hydroxylation is 1. The second kappa shape index (κ2) is 8.85. The number of ether oxygens (including phenoxy) is 2. The maximum Gasteiger partial charge on any atom is 0.123 e. The normalized spacial score (nSPS) is 11.4. The van der Waals surface area contributed by atoms with Crippen LogP contribution >= 0.6 is 0 Å². The fraction of sp³-hybridized carbons (Fsp3) is 0.556. The third-order valence-corrected chi connectivity index (χ3v) is 3.14. The van der Waals surface area contributed by atoms with Crippen LogP contribution in [0, 0.1) is 6.92 Å². The standard InChI is InChI=1S/C18H29NO2/c1-6-9-19-10-11-20-12-13-21-17-14-15(2)7-8-16(17)18(3,4)5/h6-8,14,19H,1,9-13H2,2-5H3. The van der Waals surface area contributed by atoms with E-state index in [0.717, 1.165) is 18.8 Å². The summed E-state index contributed by atoms with van der Waals surface area (Å²) in [4.78, 5) is 0. The van der Waals surface area contributed by atoms with Crippen molar-refractivity contribution < 1.29 is 9.47 Å². The molecular weight excluding hydrogens is 262 g/mol. The van der Waals surface area contributed by atoms with Crippen LogP contribution < -0.4 is 10.1 Å². The van der Waals surface area contributed by atoms with Crippen LogP contribution in [-0.4, -0.2) is 32.9 Å². The second-order valence-corrected chi connectivity index (χ2v) is 6.20. The number of rotatable bonds is 9. The van der Waals surface area contributed by atoms with Crippen molar-refractivity contribution in [1.29, 1.82) is 0 Å². The van der Waals surface area contributed by atoms with Crippen LogP contribution in [-0.2, 0) is 10.2 Å². The van der Waals surface area contributed by atoms with Gasteiger partial charge in [0.15, 0.2) is 0 Å². The molecule has 3 nitrogen and oxygen atoms in total. The molecule has 0 bridgehead atoms. The first kappa shape index (κ1) is 17.7. The highest BCUT2D eigenvalue weighted by Gasteiger charge is 2.18. The number of benzene rings is 1. The van der Waals surface area contributed by atoms with Crippen LogP contribution in [0.4, 0.5) is 0 Å². The molecular formula is C18H29NO2. The Balaban J connectivity index is 2.38. The molecule has 0 amide bonds. The fourth-order valence-corrected chi connectivity index (χ4v) is 2.03. The Kier molecular flexibility index (Phi) is 7.48. The summed E-state index contributed by atoms with van der Waals surface area (Å²) < 4.78 is 11.4. The third kappa shape index (κ3) is 6.78. The van der Waals surface area contributed by atoms with E-state index >= 15 is 0 Å². The zero-order chi connectivity index (χ0) is 15.7. The van der Waals surface area contributed by atoms with Crippen molar-refractivity contribution in [3.8, 4) is 5.75 Å². The first-order chi connectivity index (χ1) is 9.95. The molecule has 118 valence electrons. The van der Waals surface area contributed by atoms with E-state index in [9.17, 15) is 0 Å². The topological polar surface area (TPSA) is 30.5 Å². The molecule has 0 heterocycles. The quantitative estimate of drug-likeness (QED) is 0.558. The molecule has 0 aliphatic carbocycles. The van der Waals surface area contributed by atoms with Crippen molar-refractivity contribution in [3.63, 3.8) is 0 Å². The lowest BCUT2D eigenvalue weighted by atomic mass is 9.86. The van der Waals surface area contributed by atoms with Crippen molar-refractivity contribution in [2.45, 2.75) is 33.1 Å². The molecule has 0 aliphatic rings. The van der Waals surface area contributed by atoms with E-state index in [1.807, 2.05) is 6.08 Å². The zero-order valence-corrected chi connectivity index (χ0v) is 13.9. The van der Waals surface area contributed by atoms with Crippen LogP contribution in [0.2, 0.25) is 0 Å². The molecule has 0 aromatic heterocycles. The lowest BCUT2D eigenvalue weighted by Gasteiger charge is -2.23. The first-order valence-electron chi connectivity index (χ1n) is 7.58. The molecule has 0 spiro atoms. The summed E-state index contributed by atoms with van der Waals surface area (Å²) in [5.74, 6) is 0.968. The molecule has 0 saturated carbocycles. The number of nitrogens with one attached hydrogen (secondary N) is 1. The SMILES string of the molecule is C=CCNCCOCCOc1cc(C)ccc1C(C)(C)C. The number of hydrogen-bond acceptors (Lipinski definition) is 3. The van der Waals surface area contributed by atoms with Crippen LogP contribution in [0.3, 0.4) is 0 Å². The van der Waals surface area contributed by atoms with Gasteiger partial charge in [0.2, 0.25) is 0 Å². The molecule has 0 saturated heterocycles. The van der Waals surface area contributed by atoms with Gasteiger partial charge in [-0.25, -0.2) is 0 Å². The maximum absolute atomic E-state index is 5.91. The van der Waals surface area contributed by atoms with Gasteiger partial charge in [-0.2, -0.15) is 0 Å². The smallest absolute Gasteiger partial charge is 0.123 e. The molecule has 0 atom stereocenters. The van der Waals surface area contributed by atoms with Crippen molar-refractivity contribution in [2.75, 3.05) is 32.9 Å². The van der Waals surface area contributed by atoms with Gasteiger partial charge in [-0.15, -0.1) is 6.58 Å². The van der Waals surface area contributed by atoms with Crippen molar-refractivity contribution in [3.05, 3.63) is 42.0 Å². The molecule has 1 aromatic rings. The van der Waals surface area contributed by atoms with Gasteiger partial charge < -0.3 is 14.8 Å². The van der Waals surface area contributed by atoms with Gasteiger partial charge in [-0.05, 0) is 29.5 Å². The van der Waals surface area contributed by atoms with Gasteiger partial charge in [0.05, 0.1) is 13.2 Å². The number of hydrogen-bond donors (Lipinski definition) is 1. The molecule has 3 heteroatoms. The second-order valence-electron chi connectivity index (χ2n) is 6.20. The first-order valence-corrected chi connectivity index (χ1v) is 7.58. The molecule has 1 N–H and O–H groups in total. The summed E-state index contributed by atoms with van der Waals surface area (Å²) in [6.45, 7) is 15.9. The van der Waals surface area contributed by atoms with Crippen LogP contribution in [0.25, 0.3) is 0 Å². The lowest BCUT2D eigenvalue weighted by molar-refractivity contribution is 0.101. The highest BCUT2D eigenvalue weighted by Crippen LogP contribution is 2.31. The van der Waals surface area contributed by atoms with E-state index in [0.29, 0.717) is 19.8 Å². The Bertz CT molecular complexity index is 435. The van der Waals surface area contributed by atoms with Gasteiger partial charge >= 0.3 is 0 Å². The average molecular weight is 291 g/mol. The fourth-order valence-electron chi connectivity index (χ4n) is 2.03. The Hall–Kier alpha value is -1.32. The largest absolute Gasteiger partial charge is 0.491 e. The summed E-state index contributed by atoms with van der Waals surface area (Å²) in [6, 6.07) is 6.40. The summed E-state index contributed by atoms with van der Waals surface area (Å²) in [6.07, 6.45) is 1.84. The molecule has 0 radical (unpaired) electrons.